The number of alkyl halides is 3. The molecule has 2 aromatic heterocycles. The van der Waals surface area contributed by atoms with Crippen LogP contribution in [0, 0.1) is 17.3 Å². The SMILES string of the molecule is CN1C[C@@H]2CN(S(=O)(=O)c3cc4ccccc4nc3N3CCC(Cn4cc(Br)cn4)CC3)C[C@]2(C)C1.O=C(O)C(F)(F)F. The summed E-state index contributed by atoms with van der Waals surface area (Å²) in [5, 5.41) is 12.4. The Bertz CT molecular complexity index is 1590. The lowest BCUT2D eigenvalue weighted by molar-refractivity contribution is -0.192. The fraction of sp³-hybridized carbons (Fsp3) is 0.536. The first kappa shape index (κ1) is 31.7. The smallest absolute Gasteiger partial charge is 0.475 e. The molecule has 0 bridgehead atoms. The molecule has 3 aliphatic rings. The molecule has 0 aliphatic carbocycles. The lowest BCUT2D eigenvalue weighted by Crippen LogP contribution is -2.38. The highest BCUT2D eigenvalue weighted by Crippen LogP contribution is 2.44. The Balaban J connectivity index is 0.000000472. The van der Waals surface area contributed by atoms with Crippen LogP contribution in [0.2, 0.25) is 0 Å². The van der Waals surface area contributed by atoms with Crippen molar-refractivity contribution in [1.29, 1.82) is 0 Å². The van der Waals surface area contributed by atoms with Crippen LogP contribution < -0.4 is 4.90 Å². The molecule has 3 aromatic rings. The van der Waals surface area contributed by atoms with E-state index in [1.54, 1.807) is 4.31 Å². The Kier molecular flexibility index (Phi) is 8.82. The minimum Gasteiger partial charge on any atom is -0.475 e. The summed E-state index contributed by atoms with van der Waals surface area (Å²) in [6.07, 6.45) is 0.686. The molecule has 0 saturated carbocycles. The molecule has 3 aliphatic heterocycles. The molecular weight excluding hydrogens is 653 g/mol. The number of para-hydroxylation sites is 1. The largest absolute Gasteiger partial charge is 0.490 e. The fourth-order valence-corrected chi connectivity index (χ4v) is 8.56. The number of carboxylic acid groups (broad SMARTS) is 1. The monoisotopic (exact) mass is 686 g/mol. The van der Waals surface area contributed by atoms with Gasteiger partial charge in [-0.15, -0.1) is 0 Å². The number of hydrogen-bond acceptors (Lipinski definition) is 7. The van der Waals surface area contributed by atoms with Crippen LogP contribution in [0.1, 0.15) is 19.8 Å². The van der Waals surface area contributed by atoms with Crippen molar-refractivity contribution >= 4 is 48.6 Å². The minimum atomic E-state index is -5.08. The zero-order chi connectivity index (χ0) is 31.2. The number of halogens is 4. The number of carboxylic acids is 1. The Morgan fingerprint density at radius 3 is 2.44 bits per heavy atom. The van der Waals surface area contributed by atoms with Gasteiger partial charge < -0.3 is 14.9 Å². The predicted molar refractivity (Wildman–Crippen MR) is 158 cm³/mol. The van der Waals surface area contributed by atoms with Gasteiger partial charge in [-0.1, -0.05) is 25.1 Å². The van der Waals surface area contributed by atoms with Gasteiger partial charge in [0.05, 0.1) is 16.2 Å². The van der Waals surface area contributed by atoms with Gasteiger partial charge >= 0.3 is 12.1 Å². The van der Waals surface area contributed by atoms with Gasteiger partial charge in [-0.2, -0.15) is 22.6 Å². The topological polar surface area (TPSA) is 112 Å². The minimum absolute atomic E-state index is 0.00605. The third-order valence-corrected chi connectivity index (χ3v) is 10.8. The average molecular weight is 688 g/mol. The van der Waals surface area contributed by atoms with Gasteiger partial charge in [-0.05, 0) is 65.2 Å². The lowest BCUT2D eigenvalue weighted by Gasteiger charge is -2.34. The molecule has 15 heteroatoms. The van der Waals surface area contributed by atoms with Gasteiger partial charge in [0.2, 0.25) is 10.0 Å². The number of aromatic nitrogens is 3. The first-order valence-corrected chi connectivity index (χ1v) is 16.2. The number of nitrogens with zero attached hydrogens (tertiary/aromatic N) is 6. The highest BCUT2D eigenvalue weighted by atomic mass is 79.9. The van der Waals surface area contributed by atoms with Crippen molar-refractivity contribution < 1.29 is 31.5 Å². The molecule has 3 fully saturated rings. The van der Waals surface area contributed by atoms with E-state index < -0.39 is 22.2 Å². The number of aliphatic carboxylic acids is 1. The van der Waals surface area contributed by atoms with Crippen LogP contribution in [0.5, 0.6) is 0 Å². The number of carbonyl (C=O) groups is 1. The molecule has 5 heterocycles. The van der Waals surface area contributed by atoms with Gasteiger partial charge in [0.1, 0.15) is 10.7 Å². The summed E-state index contributed by atoms with van der Waals surface area (Å²) in [7, 11) is -1.55. The van der Waals surface area contributed by atoms with E-state index in [0.29, 0.717) is 35.6 Å². The van der Waals surface area contributed by atoms with Crippen molar-refractivity contribution in [2.45, 2.75) is 37.4 Å². The summed E-state index contributed by atoms with van der Waals surface area (Å²) in [5.74, 6) is -1.28. The normalized spacial score (nSPS) is 23.8. The maximum absolute atomic E-state index is 14.1. The van der Waals surface area contributed by atoms with Crippen LogP contribution in [0.4, 0.5) is 19.0 Å². The van der Waals surface area contributed by atoms with Gasteiger partial charge in [-0.3, -0.25) is 4.68 Å². The van der Waals surface area contributed by atoms with Gasteiger partial charge in [0.25, 0.3) is 0 Å². The summed E-state index contributed by atoms with van der Waals surface area (Å²) in [6, 6.07) is 9.67. The van der Waals surface area contributed by atoms with E-state index in [2.05, 4.69) is 44.8 Å². The zero-order valence-corrected chi connectivity index (χ0v) is 26.2. The number of hydrogen-bond donors (Lipinski definition) is 1. The Morgan fingerprint density at radius 1 is 1.16 bits per heavy atom. The number of anilines is 1. The molecule has 234 valence electrons. The molecule has 1 aromatic carbocycles. The van der Waals surface area contributed by atoms with Crippen LogP contribution in [-0.2, 0) is 21.4 Å². The van der Waals surface area contributed by atoms with Crippen molar-refractivity contribution in [2.75, 3.05) is 51.2 Å². The Morgan fingerprint density at radius 2 is 1.84 bits per heavy atom. The van der Waals surface area contributed by atoms with Crippen LogP contribution in [0.15, 0.2) is 52.1 Å². The number of piperidine rings is 1. The third-order valence-electron chi connectivity index (χ3n) is 8.60. The van der Waals surface area contributed by atoms with Crippen LogP contribution in [0.3, 0.4) is 0 Å². The molecule has 0 spiro atoms. The second kappa shape index (κ2) is 12.0. The number of rotatable bonds is 5. The van der Waals surface area contributed by atoms with E-state index >= 15 is 0 Å². The van der Waals surface area contributed by atoms with Crippen LogP contribution in [-0.4, -0.2) is 96.0 Å². The fourth-order valence-electron chi connectivity index (χ4n) is 6.43. The highest BCUT2D eigenvalue weighted by molar-refractivity contribution is 9.10. The van der Waals surface area contributed by atoms with Crippen molar-refractivity contribution in [3.63, 3.8) is 0 Å². The molecular formula is C28H34BrF3N6O4S. The van der Waals surface area contributed by atoms with Gasteiger partial charge in [-0.25, -0.2) is 18.2 Å². The first-order chi connectivity index (χ1) is 20.2. The molecule has 1 N–H and O–H groups in total. The Labute approximate surface area is 256 Å². The van der Waals surface area contributed by atoms with Crippen LogP contribution >= 0.6 is 15.9 Å². The van der Waals surface area contributed by atoms with Crippen molar-refractivity contribution in [3.8, 4) is 0 Å². The van der Waals surface area contributed by atoms with Crippen molar-refractivity contribution in [2.24, 2.45) is 17.3 Å². The molecule has 2 atom stereocenters. The van der Waals surface area contributed by atoms with Gasteiger partial charge in [0, 0.05) is 57.4 Å². The van der Waals surface area contributed by atoms with E-state index in [9.17, 15) is 21.6 Å². The molecule has 6 rings (SSSR count). The number of sulfonamides is 1. The molecule has 0 amide bonds. The molecule has 0 unspecified atom stereocenters. The van der Waals surface area contributed by atoms with Gasteiger partial charge in [0.15, 0.2) is 0 Å². The number of likely N-dealkylation sites (tertiary alicyclic amines) is 1. The lowest BCUT2D eigenvalue weighted by atomic mass is 9.83. The first-order valence-electron chi connectivity index (χ1n) is 14.0. The number of pyridine rings is 1. The maximum Gasteiger partial charge on any atom is 0.490 e. The summed E-state index contributed by atoms with van der Waals surface area (Å²) in [5.41, 5.74) is 0.841. The van der Waals surface area contributed by atoms with Crippen molar-refractivity contribution in [1.82, 2.24) is 24.0 Å². The second-order valence-corrected chi connectivity index (χ2v) is 14.8. The third kappa shape index (κ3) is 6.84. The Hall–Kier alpha value is -2.75. The van der Waals surface area contributed by atoms with Crippen molar-refractivity contribution in [3.05, 3.63) is 47.2 Å². The molecule has 3 saturated heterocycles. The van der Waals surface area contributed by atoms with E-state index in [4.69, 9.17) is 14.9 Å². The second-order valence-electron chi connectivity index (χ2n) is 12.0. The summed E-state index contributed by atoms with van der Waals surface area (Å²) >= 11 is 3.47. The zero-order valence-electron chi connectivity index (χ0n) is 23.8. The predicted octanol–water partition coefficient (Wildman–Crippen LogP) is 4.32. The molecule has 43 heavy (non-hydrogen) atoms. The quantitative estimate of drug-likeness (QED) is 0.423. The van der Waals surface area contributed by atoms with E-state index in [0.717, 1.165) is 60.9 Å². The van der Waals surface area contributed by atoms with E-state index in [1.807, 2.05) is 47.4 Å². The summed E-state index contributed by atoms with van der Waals surface area (Å²) in [6.45, 7) is 7.71. The maximum atomic E-state index is 14.1. The number of fused-ring (bicyclic) bond motifs is 2. The van der Waals surface area contributed by atoms with E-state index in [1.165, 1.54) is 0 Å². The number of benzene rings is 1. The summed E-state index contributed by atoms with van der Waals surface area (Å²) < 4.78 is 64.7. The van der Waals surface area contributed by atoms with Crippen LogP contribution in [0.25, 0.3) is 10.9 Å². The summed E-state index contributed by atoms with van der Waals surface area (Å²) in [4.78, 5) is 18.7. The standard InChI is InChI=1S/C26H33BrN6O2S.C2HF3O2/c1-26-17-30(2)14-21(26)15-33(18-26)36(34,35)24-11-20-5-3-4-6-23(20)29-25(24)31-9-7-19(8-10-31)13-32-16-22(27)12-28-32;3-2(4,5)1(6)7/h3-6,11-12,16,19,21H,7-10,13-15,17-18H2,1-2H3;(H,6,7)/t21-,26+;/m1./s1. The highest BCUT2D eigenvalue weighted by Gasteiger charge is 2.51. The van der Waals surface area contributed by atoms with E-state index in [-0.39, 0.29) is 5.41 Å². The molecule has 10 nitrogen and oxygen atoms in total. The molecule has 0 radical (unpaired) electrons. The average Bonchev–Trinajstić information content (AvgIpc) is 3.58.